The molecule has 0 unspecified atom stereocenters. The predicted molar refractivity (Wildman–Crippen MR) is 118 cm³/mol. The highest BCUT2D eigenvalue weighted by atomic mass is 19.3. The lowest BCUT2D eigenvalue weighted by Crippen LogP contribution is -2.27. The highest BCUT2D eigenvalue weighted by molar-refractivity contribution is 6.06. The number of aromatic nitrogens is 3. The number of amides is 1. The molecule has 0 radical (unpaired) electrons. The van der Waals surface area contributed by atoms with Crippen LogP contribution in [0.2, 0.25) is 0 Å². The molecule has 0 aliphatic heterocycles. The first kappa shape index (κ1) is 22.2. The second-order valence-corrected chi connectivity index (χ2v) is 9.42. The van der Waals surface area contributed by atoms with E-state index in [0.29, 0.717) is 18.0 Å². The Labute approximate surface area is 186 Å². The summed E-state index contributed by atoms with van der Waals surface area (Å²) in [7, 11) is 1.73. The van der Waals surface area contributed by atoms with E-state index in [1.165, 1.54) is 12.1 Å². The monoisotopic (exact) mass is 442 g/mol. The summed E-state index contributed by atoms with van der Waals surface area (Å²) in [5.74, 6) is 0.360. The van der Waals surface area contributed by atoms with Crippen LogP contribution in [0.5, 0.6) is 5.75 Å². The molecule has 1 aliphatic carbocycles. The second kappa shape index (κ2) is 8.15. The van der Waals surface area contributed by atoms with Crippen molar-refractivity contribution in [1.82, 2.24) is 19.7 Å². The number of hydrogen-bond donors (Lipinski definition) is 0. The fourth-order valence-electron chi connectivity index (χ4n) is 3.86. The van der Waals surface area contributed by atoms with Gasteiger partial charge in [-0.3, -0.25) is 4.79 Å². The number of pyridine rings is 1. The van der Waals surface area contributed by atoms with Crippen LogP contribution >= 0.6 is 0 Å². The summed E-state index contributed by atoms with van der Waals surface area (Å²) in [5, 5.41) is 5.49. The maximum absolute atomic E-state index is 13.5. The Morgan fingerprint density at radius 3 is 2.47 bits per heavy atom. The maximum Gasteiger partial charge on any atom is 0.387 e. The quantitative estimate of drug-likeness (QED) is 0.523. The molecule has 1 aromatic carbocycles. The van der Waals surface area contributed by atoms with Crippen LogP contribution in [0.15, 0.2) is 30.3 Å². The lowest BCUT2D eigenvalue weighted by molar-refractivity contribution is -0.0498. The number of benzene rings is 1. The summed E-state index contributed by atoms with van der Waals surface area (Å²) in [6.45, 7) is 5.58. The number of rotatable bonds is 6. The molecule has 1 aliphatic rings. The van der Waals surface area contributed by atoms with E-state index in [0.717, 1.165) is 40.8 Å². The molecule has 4 rings (SSSR count). The van der Waals surface area contributed by atoms with Crippen molar-refractivity contribution in [3.63, 3.8) is 0 Å². The van der Waals surface area contributed by atoms with Crippen LogP contribution in [-0.2, 0) is 12.1 Å². The van der Waals surface area contributed by atoms with Crippen LogP contribution in [0.4, 0.5) is 8.78 Å². The van der Waals surface area contributed by atoms with Gasteiger partial charge in [0.15, 0.2) is 5.65 Å². The fraction of sp³-hybridized carbons (Fsp3) is 0.458. The fourth-order valence-corrected chi connectivity index (χ4v) is 3.86. The molecule has 6 nitrogen and oxygen atoms in total. The van der Waals surface area contributed by atoms with Gasteiger partial charge in [-0.05, 0) is 64.3 Å². The average molecular weight is 443 g/mol. The van der Waals surface area contributed by atoms with Crippen molar-refractivity contribution in [2.45, 2.75) is 65.1 Å². The first-order valence-electron chi connectivity index (χ1n) is 10.7. The van der Waals surface area contributed by atoms with Crippen molar-refractivity contribution in [3.8, 4) is 5.75 Å². The summed E-state index contributed by atoms with van der Waals surface area (Å²) in [5.41, 5.74) is 3.60. The molecule has 0 N–H and O–H groups in total. The van der Waals surface area contributed by atoms with E-state index in [-0.39, 0.29) is 17.2 Å². The van der Waals surface area contributed by atoms with E-state index in [1.807, 2.05) is 17.7 Å². The number of carbonyl (C=O) groups is 1. The van der Waals surface area contributed by atoms with E-state index in [1.54, 1.807) is 24.1 Å². The second-order valence-electron chi connectivity index (χ2n) is 9.42. The van der Waals surface area contributed by atoms with Gasteiger partial charge in [-0.2, -0.15) is 13.9 Å². The first-order chi connectivity index (χ1) is 15.0. The summed E-state index contributed by atoms with van der Waals surface area (Å²) >= 11 is 0. The summed E-state index contributed by atoms with van der Waals surface area (Å²) in [6.07, 6.45) is 2.16. The third-order valence-electron chi connectivity index (χ3n) is 5.61. The van der Waals surface area contributed by atoms with Gasteiger partial charge < -0.3 is 9.64 Å². The van der Waals surface area contributed by atoms with Crippen LogP contribution in [0.25, 0.3) is 11.0 Å². The van der Waals surface area contributed by atoms with Crippen LogP contribution in [0, 0.1) is 6.92 Å². The number of ether oxygens (including phenoxy) is 1. The normalized spacial score (nSPS) is 14.2. The van der Waals surface area contributed by atoms with Crippen LogP contribution in [0.3, 0.4) is 0 Å². The summed E-state index contributed by atoms with van der Waals surface area (Å²) in [6, 6.07) is 8.24. The SMILES string of the molecule is Cc1nn(C(C)(C)C)c2nc(C3CC3)cc(C(=O)N(C)Cc3ccc(OC(F)F)cc3)c12. The molecule has 0 saturated heterocycles. The number of nitrogens with zero attached hydrogens (tertiary/aromatic N) is 4. The molecule has 1 fully saturated rings. The van der Waals surface area contributed by atoms with Gasteiger partial charge in [0.25, 0.3) is 5.91 Å². The molecule has 0 bridgehead atoms. The first-order valence-corrected chi connectivity index (χ1v) is 10.7. The van der Waals surface area contributed by atoms with E-state index in [2.05, 4.69) is 25.5 Å². The number of halogens is 2. The zero-order valence-electron chi connectivity index (χ0n) is 19.0. The lowest BCUT2D eigenvalue weighted by Gasteiger charge is -2.21. The maximum atomic E-state index is 13.5. The molecule has 0 spiro atoms. The number of fused-ring (bicyclic) bond motifs is 1. The van der Waals surface area contributed by atoms with Gasteiger partial charge in [0.05, 0.1) is 22.2 Å². The van der Waals surface area contributed by atoms with Crippen molar-refractivity contribution < 1.29 is 18.3 Å². The van der Waals surface area contributed by atoms with Crippen molar-refractivity contribution >= 4 is 16.9 Å². The highest BCUT2D eigenvalue weighted by Gasteiger charge is 2.31. The van der Waals surface area contributed by atoms with Crippen molar-refractivity contribution in [3.05, 3.63) is 52.8 Å². The van der Waals surface area contributed by atoms with Crippen LogP contribution in [-0.4, -0.2) is 39.2 Å². The van der Waals surface area contributed by atoms with Crippen LogP contribution < -0.4 is 4.74 Å². The molecular formula is C24H28F2N4O2. The van der Waals surface area contributed by atoms with Gasteiger partial charge >= 0.3 is 6.61 Å². The molecule has 3 aromatic rings. The van der Waals surface area contributed by atoms with Gasteiger partial charge in [-0.15, -0.1) is 0 Å². The summed E-state index contributed by atoms with van der Waals surface area (Å²) in [4.78, 5) is 20.0. The Morgan fingerprint density at radius 1 is 1.25 bits per heavy atom. The van der Waals surface area contributed by atoms with Gasteiger partial charge in [0.2, 0.25) is 0 Å². The minimum absolute atomic E-state index is 0.0906. The van der Waals surface area contributed by atoms with Gasteiger partial charge in [-0.25, -0.2) is 9.67 Å². The topological polar surface area (TPSA) is 60.2 Å². The minimum atomic E-state index is -2.86. The Balaban J connectivity index is 1.67. The molecule has 2 aromatic heterocycles. The molecule has 8 heteroatoms. The van der Waals surface area contributed by atoms with Crippen molar-refractivity contribution in [2.75, 3.05) is 7.05 Å². The van der Waals surface area contributed by atoms with Crippen LogP contribution in [0.1, 0.15) is 66.8 Å². The van der Waals surface area contributed by atoms with E-state index in [9.17, 15) is 13.6 Å². The summed E-state index contributed by atoms with van der Waals surface area (Å²) < 4.78 is 31.0. The Hall–Kier alpha value is -3.03. The zero-order chi connectivity index (χ0) is 23.2. The number of hydrogen-bond acceptors (Lipinski definition) is 4. The van der Waals surface area contributed by atoms with Crippen molar-refractivity contribution in [1.29, 1.82) is 0 Å². The molecular weight excluding hydrogens is 414 g/mol. The van der Waals surface area contributed by atoms with Gasteiger partial charge in [0, 0.05) is 25.2 Å². The minimum Gasteiger partial charge on any atom is -0.435 e. The Kier molecular flexibility index (Phi) is 5.65. The third-order valence-corrected chi connectivity index (χ3v) is 5.61. The highest BCUT2D eigenvalue weighted by Crippen LogP contribution is 2.41. The molecule has 0 atom stereocenters. The van der Waals surface area contributed by atoms with Gasteiger partial charge in [-0.1, -0.05) is 12.1 Å². The number of carbonyl (C=O) groups excluding carboxylic acids is 1. The molecule has 170 valence electrons. The predicted octanol–water partition coefficient (Wildman–Crippen LogP) is 5.25. The van der Waals surface area contributed by atoms with E-state index < -0.39 is 6.61 Å². The molecule has 32 heavy (non-hydrogen) atoms. The van der Waals surface area contributed by atoms with Crippen molar-refractivity contribution in [2.24, 2.45) is 0 Å². The third kappa shape index (κ3) is 4.45. The molecule has 1 amide bonds. The molecule has 1 saturated carbocycles. The Bertz CT molecular complexity index is 1150. The number of aryl methyl sites for hydroxylation is 1. The molecule has 2 heterocycles. The largest absolute Gasteiger partial charge is 0.435 e. The van der Waals surface area contributed by atoms with E-state index in [4.69, 9.17) is 10.1 Å². The zero-order valence-corrected chi connectivity index (χ0v) is 19.0. The number of alkyl halides is 2. The Morgan fingerprint density at radius 2 is 1.91 bits per heavy atom. The van der Waals surface area contributed by atoms with Gasteiger partial charge in [0.1, 0.15) is 5.75 Å². The smallest absolute Gasteiger partial charge is 0.387 e. The lowest BCUT2D eigenvalue weighted by atomic mass is 10.1. The standard InChI is InChI=1S/C24H28F2N4O2/c1-14-20-18(12-19(16-8-9-16)27-21(20)30(28-14)24(2,3)4)22(31)29(5)13-15-6-10-17(11-7-15)32-23(25)26/h6-7,10-12,16,23H,8-9,13H2,1-5H3. The van der Waals surface area contributed by atoms with E-state index >= 15 is 0 Å². The average Bonchev–Trinajstić information content (AvgIpc) is 3.50.